The van der Waals surface area contributed by atoms with Crippen molar-refractivity contribution in [2.45, 2.75) is 13.2 Å². The molecule has 0 aliphatic rings. The van der Waals surface area contributed by atoms with Crippen LogP contribution in [0.2, 0.25) is 0 Å². The number of benzene rings is 2. The Hall–Kier alpha value is -4.36. The number of amides is 1. The molecule has 2 aromatic heterocycles. The number of carbonyl (C=O) groups is 1. The van der Waals surface area contributed by atoms with Gasteiger partial charge in [0.05, 0.1) is 12.1 Å². The summed E-state index contributed by atoms with van der Waals surface area (Å²) in [7, 11) is 0. The first-order valence-electron chi connectivity index (χ1n) is 9.76. The molecule has 0 fully saturated rings. The van der Waals surface area contributed by atoms with E-state index in [2.05, 4.69) is 10.4 Å². The summed E-state index contributed by atoms with van der Waals surface area (Å²) in [6, 6.07) is 3.61. The van der Waals surface area contributed by atoms with Crippen molar-refractivity contribution < 1.29 is 49.1 Å². The molecule has 2 aromatic carbocycles. The van der Waals surface area contributed by atoms with E-state index >= 15 is 0 Å². The van der Waals surface area contributed by atoms with Gasteiger partial charge in [-0.15, -0.1) is 0 Å². The van der Waals surface area contributed by atoms with Crippen molar-refractivity contribution in [3.63, 3.8) is 0 Å². The first-order chi connectivity index (χ1) is 17.0. The average molecular weight is 517 g/mol. The maximum absolute atomic E-state index is 13.8. The van der Waals surface area contributed by atoms with Gasteiger partial charge in [0, 0.05) is 24.4 Å². The zero-order chi connectivity index (χ0) is 26.1. The van der Waals surface area contributed by atoms with E-state index in [-0.39, 0.29) is 29.5 Å². The summed E-state index contributed by atoms with van der Waals surface area (Å²) in [6.07, 6.45) is 1.17. The summed E-state index contributed by atoms with van der Waals surface area (Å²) < 4.78 is 119. The summed E-state index contributed by atoms with van der Waals surface area (Å²) in [4.78, 5) is 12.3. The Morgan fingerprint density at radius 2 is 1.44 bits per heavy atom. The summed E-state index contributed by atoms with van der Waals surface area (Å²) in [5.74, 6) is -16.0. The molecule has 14 heteroatoms. The van der Waals surface area contributed by atoms with E-state index in [1.54, 1.807) is 0 Å². The first-order valence-corrected chi connectivity index (χ1v) is 9.76. The van der Waals surface area contributed by atoms with E-state index in [0.29, 0.717) is 0 Å². The number of halogens is 8. The molecule has 2 heterocycles. The molecule has 4 rings (SSSR count). The van der Waals surface area contributed by atoms with Crippen LogP contribution in [-0.4, -0.2) is 15.7 Å². The smallest absolute Gasteiger partial charge is 0.292 e. The molecule has 0 radical (unpaired) electrons. The summed E-state index contributed by atoms with van der Waals surface area (Å²) in [6.45, 7) is -1.39. The van der Waals surface area contributed by atoms with Crippen LogP contribution in [0.3, 0.4) is 0 Å². The molecule has 6 nitrogen and oxygen atoms in total. The van der Waals surface area contributed by atoms with Crippen LogP contribution >= 0.6 is 0 Å². The van der Waals surface area contributed by atoms with E-state index in [1.165, 1.54) is 18.3 Å². The van der Waals surface area contributed by atoms with Gasteiger partial charge in [-0.25, -0.2) is 26.3 Å². The van der Waals surface area contributed by atoms with Crippen LogP contribution in [-0.2, 0) is 13.2 Å². The number of nitrogens with one attached hydrogen (secondary N) is 1. The predicted molar refractivity (Wildman–Crippen MR) is 105 cm³/mol. The molecule has 0 aliphatic carbocycles. The molecule has 36 heavy (non-hydrogen) atoms. The summed E-state index contributed by atoms with van der Waals surface area (Å²) >= 11 is 0. The lowest BCUT2D eigenvalue weighted by Gasteiger charge is -2.08. The van der Waals surface area contributed by atoms with Gasteiger partial charge in [-0.3, -0.25) is 9.48 Å². The highest BCUT2D eigenvalue weighted by molar-refractivity contribution is 6.01. The first kappa shape index (κ1) is 24.8. The highest BCUT2D eigenvalue weighted by atomic mass is 19.2. The third-order valence-electron chi connectivity index (χ3n) is 4.72. The lowest BCUT2D eigenvalue weighted by molar-refractivity contribution is 0.0991. The van der Waals surface area contributed by atoms with Crippen LogP contribution in [0.15, 0.2) is 40.9 Å². The van der Waals surface area contributed by atoms with Gasteiger partial charge in [-0.1, -0.05) is 0 Å². The SMILES string of the molecule is O=C(Nc1ccn(Cc2c(F)c(F)cc(F)c2F)n1)c1ccc(COc2c(F)c(F)cc(F)c2F)o1. The van der Waals surface area contributed by atoms with E-state index in [4.69, 9.17) is 9.15 Å². The normalized spacial score (nSPS) is 11.1. The van der Waals surface area contributed by atoms with Crippen LogP contribution in [0.4, 0.5) is 40.9 Å². The largest absolute Gasteiger partial charge is 0.479 e. The average Bonchev–Trinajstić information content (AvgIpc) is 3.49. The fourth-order valence-corrected chi connectivity index (χ4v) is 3.02. The van der Waals surface area contributed by atoms with Crippen LogP contribution < -0.4 is 10.1 Å². The Balaban J connectivity index is 1.41. The fourth-order valence-electron chi connectivity index (χ4n) is 3.02. The van der Waals surface area contributed by atoms with Crippen molar-refractivity contribution in [3.05, 3.63) is 100 Å². The van der Waals surface area contributed by atoms with Gasteiger partial charge < -0.3 is 14.5 Å². The van der Waals surface area contributed by atoms with Gasteiger partial charge in [-0.05, 0) is 12.1 Å². The summed E-state index contributed by atoms with van der Waals surface area (Å²) in [5, 5.41) is 6.09. The maximum Gasteiger partial charge on any atom is 0.292 e. The Bertz CT molecular complexity index is 1410. The number of aromatic nitrogens is 2. The van der Waals surface area contributed by atoms with Crippen molar-refractivity contribution in [2.24, 2.45) is 0 Å². The van der Waals surface area contributed by atoms with Crippen molar-refractivity contribution in [1.82, 2.24) is 9.78 Å². The molecule has 0 saturated carbocycles. The van der Waals surface area contributed by atoms with Crippen LogP contribution in [0.25, 0.3) is 0 Å². The minimum atomic E-state index is -1.75. The van der Waals surface area contributed by atoms with Crippen LogP contribution in [0.5, 0.6) is 5.75 Å². The third-order valence-corrected chi connectivity index (χ3v) is 4.72. The maximum atomic E-state index is 13.8. The highest BCUT2D eigenvalue weighted by Crippen LogP contribution is 2.27. The van der Waals surface area contributed by atoms with Crippen molar-refractivity contribution >= 4 is 11.7 Å². The van der Waals surface area contributed by atoms with Gasteiger partial charge in [0.2, 0.25) is 11.6 Å². The molecule has 0 saturated heterocycles. The quantitative estimate of drug-likeness (QED) is 0.261. The minimum absolute atomic E-state index is 0.0115. The lowest BCUT2D eigenvalue weighted by atomic mass is 10.2. The number of carbonyl (C=O) groups excluding carboxylic acids is 1. The van der Waals surface area contributed by atoms with E-state index in [9.17, 15) is 39.9 Å². The molecular weight excluding hydrogens is 506 g/mol. The van der Waals surface area contributed by atoms with Gasteiger partial charge in [0.25, 0.3) is 5.91 Å². The topological polar surface area (TPSA) is 69.3 Å². The van der Waals surface area contributed by atoms with Crippen molar-refractivity contribution in [3.8, 4) is 5.75 Å². The number of nitrogens with zero attached hydrogens (tertiary/aromatic N) is 2. The zero-order valence-electron chi connectivity index (χ0n) is 17.5. The second kappa shape index (κ2) is 9.71. The van der Waals surface area contributed by atoms with E-state index in [0.717, 1.165) is 10.7 Å². The molecular formula is C22H11F8N3O3. The van der Waals surface area contributed by atoms with Crippen molar-refractivity contribution in [2.75, 3.05) is 5.32 Å². The number of ether oxygens (including phenoxy) is 1. The molecule has 4 aromatic rings. The second-order valence-corrected chi connectivity index (χ2v) is 7.15. The molecule has 0 atom stereocenters. The van der Waals surface area contributed by atoms with Crippen molar-refractivity contribution in [1.29, 1.82) is 0 Å². The number of furan rings is 1. The Morgan fingerprint density at radius 1 is 0.861 bits per heavy atom. The monoisotopic (exact) mass is 517 g/mol. The molecule has 0 bridgehead atoms. The molecule has 1 N–H and O–H groups in total. The number of hydrogen-bond acceptors (Lipinski definition) is 4. The Labute approximate surface area is 195 Å². The standard InChI is InChI=1S/C22H11F8N3O3/c23-11-5-12(24)18(28)10(17(11)27)7-33-4-3-16(32-33)31-22(34)15-2-1-9(36-15)8-35-21-19(29)13(25)6-14(26)20(21)30/h1-6H,7-8H2,(H,31,32,34). The van der Waals surface area contributed by atoms with E-state index < -0.39 is 76.9 Å². The number of anilines is 1. The fraction of sp³-hybridized carbons (Fsp3) is 0.0909. The molecule has 0 spiro atoms. The lowest BCUT2D eigenvalue weighted by Crippen LogP contribution is -2.13. The molecule has 0 aliphatic heterocycles. The van der Waals surface area contributed by atoms with Crippen LogP contribution in [0, 0.1) is 46.5 Å². The Kier molecular flexibility index (Phi) is 6.68. The number of rotatable bonds is 7. The van der Waals surface area contributed by atoms with E-state index in [1.807, 2.05) is 0 Å². The zero-order valence-corrected chi connectivity index (χ0v) is 17.5. The summed E-state index contributed by atoms with van der Waals surface area (Å²) in [5.41, 5.74) is -0.921. The molecule has 0 unspecified atom stereocenters. The van der Waals surface area contributed by atoms with Crippen LogP contribution in [0.1, 0.15) is 21.9 Å². The second-order valence-electron chi connectivity index (χ2n) is 7.15. The molecule has 188 valence electrons. The predicted octanol–water partition coefficient (Wildman–Crippen LogP) is 5.47. The minimum Gasteiger partial charge on any atom is -0.479 e. The Morgan fingerprint density at radius 3 is 2.06 bits per heavy atom. The third kappa shape index (κ3) is 4.87. The number of hydrogen-bond donors (Lipinski definition) is 1. The van der Waals surface area contributed by atoms with Gasteiger partial charge >= 0.3 is 0 Å². The van der Waals surface area contributed by atoms with Gasteiger partial charge in [0.15, 0.2) is 52.2 Å². The molecule has 1 amide bonds. The highest BCUT2D eigenvalue weighted by Gasteiger charge is 2.22. The van der Waals surface area contributed by atoms with Gasteiger partial charge in [-0.2, -0.15) is 13.9 Å². The van der Waals surface area contributed by atoms with Gasteiger partial charge in [0.1, 0.15) is 12.4 Å².